The second kappa shape index (κ2) is 7.70. The lowest BCUT2D eigenvalue weighted by Crippen LogP contribution is -2.30. The Bertz CT molecular complexity index is 717. The fourth-order valence-electron chi connectivity index (χ4n) is 1.75. The summed E-state index contributed by atoms with van der Waals surface area (Å²) < 4.78 is 1.66. The van der Waals surface area contributed by atoms with Gasteiger partial charge in [-0.05, 0) is 30.9 Å². The van der Waals surface area contributed by atoms with Gasteiger partial charge in [-0.3, -0.25) is 14.9 Å². The molecule has 23 heavy (non-hydrogen) atoms. The Morgan fingerprint density at radius 3 is 2.83 bits per heavy atom. The van der Waals surface area contributed by atoms with Crippen molar-refractivity contribution in [2.24, 2.45) is 7.05 Å². The topological polar surface area (TPSA) is 115 Å². The number of carbonyl (C=O) groups excluding carboxylic acids is 1. The van der Waals surface area contributed by atoms with Gasteiger partial charge in [0.05, 0.1) is 9.82 Å². The molecule has 0 fully saturated rings. The summed E-state index contributed by atoms with van der Waals surface area (Å²) >= 11 is 1.12. The van der Waals surface area contributed by atoms with E-state index in [4.69, 9.17) is 0 Å². The first-order chi connectivity index (χ1) is 11.0. The zero-order valence-corrected chi connectivity index (χ0v) is 13.5. The number of nitrogens with one attached hydrogen (secondary N) is 2. The van der Waals surface area contributed by atoms with E-state index in [0.717, 1.165) is 11.8 Å². The lowest BCUT2D eigenvalue weighted by atomic mass is 10.2. The number of hydrogen-bond acceptors (Lipinski definition) is 7. The number of hydrogen-bond donors (Lipinski definition) is 2. The normalized spacial score (nSPS) is 10.5. The summed E-state index contributed by atoms with van der Waals surface area (Å²) in [6.45, 7) is 1.06. The quantitative estimate of drug-likeness (QED) is 0.437. The summed E-state index contributed by atoms with van der Waals surface area (Å²) in [4.78, 5) is 23.1. The number of amides is 1. The van der Waals surface area contributed by atoms with Crippen LogP contribution in [0.15, 0.2) is 34.6 Å². The van der Waals surface area contributed by atoms with E-state index in [9.17, 15) is 14.9 Å². The molecule has 0 aliphatic carbocycles. The molecule has 1 heterocycles. The molecule has 1 aromatic heterocycles. The van der Waals surface area contributed by atoms with Gasteiger partial charge in [-0.2, -0.15) is 0 Å². The number of aryl methyl sites for hydroxylation is 1. The Kier molecular flexibility index (Phi) is 5.66. The maximum atomic E-state index is 12.0. The lowest BCUT2D eigenvalue weighted by Gasteiger charge is -2.07. The highest BCUT2D eigenvalue weighted by atomic mass is 32.2. The predicted octanol–water partition coefficient (Wildman–Crippen LogP) is 0.824. The van der Waals surface area contributed by atoms with E-state index in [0.29, 0.717) is 23.1 Å². The van der Waals surface area contributed by atoms with E-state index in [-0.39, 0.29) is 17.2 Å². The third-order valence-corrected chi connectivity index (χ3v) is 4.07. The Morgan fingerprint density at radius 1 is 1.43 bits per heavy atom. The second-order valence-electron chi connectivity index (χ2n) is 4.63. The van der Waals surface area contributed by atoms with E-state index in [1.54, 1.807) is 30.8 Å². The smallest absolute Gasteiger partial charge is 0.284 e. The Balaban J connectivity index is 2.23. The van der Waals surface area contributed by atoms with Gasteiger partial charge in [-0.1, -0.05) is 0 Å². The van der Waals surface area contributed by atoms with Gasteiger partial charge in [-0.15, -0.1) is 10.2 Å². The van der Waals surface area contributed by atoms with Crippen molar-refractivity contribution in [3.63, 3.8) is 0 Å². The average Bonchev–Trinajstić information content (AvgIpc) is 2.92. The molecular weight excluding hydrogens is 320 g/mol. The zero-order chi connectivity index (χ0) is 16.8. The van der Waals surface area contributed by atoms with Crippen LogP contribution in [0, 0.1) is 10.1 Å². The summed E-state index contributed by atoms with van der Waals surface area (Å²) in [6.07, 6.45) is 1.51. The second-order valence-corrected chi connectivity index (χ2v) is 5.63. The Morgan fingerprint density at radius 2 is 2.22 bits per heavy atom. The minimum Gasteiger partial charge on any atom is -0.351 e. The van der Waals surface area contributed by atoms with Crippen LogP contribution in [-0.4, -0.2) is 45.7 Å². The highest BCUT2D eigenvalue weighted by Gasteiger charge is 2.19. The molecule has 0 unspecified atom stereocenters. The van der Waals surface area contributed by atoms with Crippen LogP contribution in [0.2, 0.25) is 0 Å². The summed E-state index contributed by atoms with van der Waals surface area (Å²) in [7, 11) is 3.52. The number of rotatable bonds is 7. The van der Waals surface area contributed by atoms with Crippen molar-refractivity contribution in [3.05, 3.63) is 40.2 Å². The molecule has 0 atom stereocenters. The predicted molar refractivity (Wildman–Crippen MR) is 84.5 cm³/mol. The maximum absolute atomic E-state index is 12.0. The molecule has 0 saturated heterocycles. The maximum Gasteiger partial charge on any atom is 0.284 e. The highest BCUT2D eigenvalue weighted by molar-refractivity contribution is 7.99. The van der Waals surface area contributed by atoms with E-state index < -0.39 is 4.92 Å². The van der Waals surface area contributed by atoms with Crippen molar-refractivity contribution in [1.82, 2.24) is 25.4 Å². The molecule has 0 radical (unpaired) electrons. The summed E-state index contributed by atoms with van der Waals surface area (Å²) in [5.74, 6) is -0.349. The van der Waals surface area contributed by atoms with Gasteiger partial charge >= 0.3 is 0 Å². The van der Waals surface area contributed by atoms with E-state index >= 15 is 0 Å². The minimum atomic E-state index is -0.511. The summed E-state index contributed by atoms with van der Waals surface area (Å²) in [5.41, 5.74) is 0.106. The number of benzene rings is 1. The van der Waals surface area contributed by atoms with Crippen LogP contribution in [-0.2, 0) is 7.05 Å². The standard InChI is InChI=1S/C13H16N6O3S/c1-14-5-6-15-12(20)9-3-4-11(10(7-9)19(21)22)23-13-17-16-8-18(13)2/h3-4,7-8,14H,5-6H2,1-2H3,(H,15,20). The highest BCUT2D eigenvalue weighted by Crippen LogP contribution is 2.34. The Hall–Kier alpha value is -2.46. The molecule has 2 rings (SSSR count). The largest absolute Gasteiger partial charge is 0.351 e. The summed E-state index contributed by atoms with van der Waals surface area (Å²) in [5, 5.41) is 25.0. The van der Waals surface area contributed by atoms with Gasteiger partial charge in [0.25, 0.3) is 11.6 Å². The fourth-order valence-corrected chi connectivity index (χ4v) is 2.60. The van der Waals surface area contributed by atoms with Crippen LogP contribution in [0.25, 0.3) is 0 Å². The lowest BCUT2D eigenvalue weighted by molar-refractivity contribution is -0.387. The molecule has 2 N–H and O–H groups in total. The molecular formula is C13H16N6O3S. The van der Waals surface area contributed by atoms with Crippen LogP contribution >= 0.6 is 11.8 Å². The zero-order valence-electron chi connectivity index (χ0n) is 12.6. The van der Waals surface area contributed by atoms with Crippen LogP contribution in [0.3, 0.4) is 0 Å². The van der Waals surface area contributed by atoms with Crippen molar-refractivity contribution in [2.45, 2.75) is 10.1 Å². The number of nitrogens with zero attached hydrogens (tertiary/aromatic N) is 4. The van der Waals surface area contributed by atoms with Crippen molar-refractivity contribution in [2.75, 3.05) is 20.1 Å². The molecule has 0 saturated carbocycles. The van der Waals surface area contributed by atoms with Crippen LogP contribution in [0.1, 0.15) is 10.4 Å². The molecule has 122 valence electrons. The SMILES string of the molecule is CNCCNC(=O)c1ccc(Sc2nncn2C)c([N+](=O)[O-])c1. The molecule has 1 aromatic carbocycles. The Labute approximate surface area is 136 Å². The molecule has 0 aliphatic rings. The van der Waals surface area contributed by atoms with Crippen LogP contribution in [0.4, 0.5) is 5.69 Å². The molecule has 1 amide bonds. The molecule has 0 bridgehead atoms. The fraction of sp³-hybridized carbons (Fsp3) is 0.308. The molecule has 9 nitrogen and oxygen atoms in total. The van der Waals surface area contributed by atoms with Gasteiger partial charge in [0.2, 0.25) is 0 Å². The van der Waals surface area contributed by atoms with Gasteiger partial charge in [0, 0.05) is 31.8 Å². The molecule has 10 heteroatoms. The van der Waals surface area contributed by atoms with Gasteiger partial charge in [-0.25, -0.2) is 0 Å². The first kappa shape index (κ1) is 16.9. The van der Waals surface area contributed by atoms with Gasteiger partial charge in [0.15, 0.2) is 5.16 Å². The van der Waals surface area contributed by atoms with Gasteiger partial charge in [0.1, 0.15) is 6.33 Å². The average molecular weight is 336 g/mol. The number of nitro benzene ring substituents is 1. The van der Waals surface area contributed by atoms with E-state index in [2.05, 4.69) is 20.8 Å². The van der Waals surface area contributed by atoms with Crippen molar-refractivity contribution < 1.29 is 9.72 Å². The monoisotopic (exact) mass is 336 g/mol. The van der Waals surface area contributed by atoms with Crippen molar-refractivity contribution in [3.8, 4) is 0 Å². The van der Waals surface area contributed by atoms with Crippen LogP contribution < -0.4 is 10.6 Å². The molecule has 0 spiro atoms. The molecule has 2 aromatic rings. The van der Waals surface area contributed by atoms with Gasteiger partial charge < -0.3 is 15.2 Å². The minimum absolute atomic E-state index is 0.140. The first-order valence-electron chi connectivity index (χ1n) is 6.76. The van der Waals surface area contributed by atoms with E-state index in [1.165, 1.54) is 12.4 Å². The number of likely N-dealkylation sites (N-methyl/N-ethyl adjacent to an activating group) is 1. The first-order valence-corrected chi connectivity index (χ1v) is 7.57. The number of carbonyl (C=O) groups is 1. The molecule has 0 aliphatic heterocycles. The van der Waals surface area contributed by atoms with Crippen LogP contribution in [0.5, 0.6) is 0 Å². The third kappa shape index (κ3) is 4.27. The summed E-state index contributed by atoms with van der Waals surface area (Å²) in [6, 6.07) is 4.37. The number of nitro groups is 1. The number of aromatic nitrogens is 3. The van der Waals surface area contributed by atoms with E-state index in [1.807, 2.05) is 0 Å². The third-order valence-electron chi connectivity index (χ3n) is 2.95. The van der Waals surface area contributed by atoms with Crippen molar-refractivity contribution in [1.29, 1.82) is 0 Å². The van der Waals surface area contributed by atoms with Crippen molar-refractivity contribution >= 4 is 23.4 Å².